The van der Waals surface area contributed by atoms with E-state index in [0.29, 0.717) is 11.3 Å². The standard InChI is InChI=1S/C17H18O4/c1-17(2,3)16(19)20-10-7-8-12-11-5-4-6-13(11)15(18)21-14(12)9-10/h7-9H,4-6H2,1-3H3. The Kier molecular flexibility index (Phi) is 3.12. The third-order valence-corrected chi connectivity index (χ3v) is 3.77. The minimum absolute atomic E-state index is 0.269. The predicted molar refractivity (Wildman–Crippen MR) is 79.6 cm³/mol. The van der Waals surface area contributed by atoms with Gasteiger partial charge < -0.3 is 9.15 Å². The van der Waals surface area contributed by atoms with E-state index in [4.69, 9.17) is 9.15 Å². The van der Waals surface area contributed by atoms with E-state index in [1.807, 2.05) is 6.07 Å². The molecule has 1 aromatic carbocycles. The first-order valence-corrected chi connectivity index (χ1v) is 7.17. The van der Waals surface area contributed by atoms with Gasteiger partial charge in [-0.25, -0.2) is 4.79 Å². The third kappa shape index (κ3) is 2.46. The molecule has 3 rings (SSSR count). The van der Waals surface area contributed by atoms with Gasteiger partial charge in [0.15, 0.2) is 0 Å². The summed E-state index contributed by atoms with van der Waals surface area (Å²) in [5.41, 5.74) is 1.51. The average Bonchev–Trinajstić information content (AvgIpc) is 2.87. The Hall–Kier alpha value is -2.10. The van der Waals surface area contributed by atoms with Gasteiger partial charge in [0.2, 0.25) is 0 Å². The summed E-state index contributed by atoms with van der Waals surface area (Å²) in [6.07, 6.45) is 2.67. The lowest BCUT2D eigenvalue weighted by atomic mass is 9.97. The minimum atomic E-state index is -0.576. The maximum Gasteiger partial charge on any atom is 0.339 e. The number of carbonyl (C=O) groups excluding carboxylic acids is 1. The molecule has 0 atom stereocenters. The molecule has 1 heterocycles. The first-order chi connectivity index (χ1) is 9.86. The Morgan fingerprint density at radius 2 is 1.90 bits per heavy atom. The molecule has 0 amide bonds. The van der Waals surface area contributed by atoms with Crippen LogP contribution < -0.4 is 10.4 Å². The second-order valence-electron chi connectivity index (χ2n) is 6.50. The fraction of sp³-hybridized carbons (Fsp3) is 0.412. The van der Waals surface area contributed by atoms with E-state index in [0.717, 1.165) is 35.8 Å². The Bertz CT molecular complexity index is 778. The molecule has 0 saturated heterocycles. The summed E-state index contributed by atoms with van der Waals surface area (Å²) in [5, 5.41) is 0.942. The Balaban J connectivity index is 2.04. The zero-order valence-electron chi connectivity index (χ0n) is 12.5. The molecule has 2 aromatic rings. The van der Waals surface area contributed by atoms with Crippen LogP contribution in [0, 0.1) is 5.41 Å². The number of hydrogen-bond acceptors (Lipinski definition) is 4. The lowest BCUT2D eigenvalue weighted by Gasteiger charge is -2.16. The summed E-state index contributed by atoms with van der Waals surface area (Å²) in [6.45, 7) is 5.39. The summed E-state index contributed by atoms with van der Waals surface area (Å²) in [6, 6.07) is 5.25. The van der Waals surface area contributed by atoms with E-state index in [2.05, 4.69) is 0 Å². The van der Waals surface area contributed by atoms with Crippen molar-refractivity contribution in [3.05, 3.63) is 39.7 Å². The van der Waals surface area contributed by atoms with E-state index in [9.17, 15) is 9.59 Å². The second-order valence-corrected chi connectivity index (χ2v) is 6.50. The van der Waals surface area contributed by atoms with Gasteiger partial charge in [0.1, 0.15) is 11.3 Å². The monoisotopic (exact) mass is 286 g/mol. The number of rotatable bonds is 1. The predicted octanol–water partition coefficient (Wildman–Crippen LogP) is 3.23. The van der Waals surface area contributed by atoms with Crippen molar-refractivity contribution in [2.24, 2.45) is 5.41 Å². The van der Waals surface area contributed by atoms with Gasteiger partial charge in [-0.05, 0) is 57.7 Å². The maximum atomic E-state index is 11.9. The molecule has 1 aliphatic carbocycles. The number of benzene rings is 1. The van der Waals surface area contributed by atoms with Gasteiger partial charge in [-0.3, -0.25) is 4.79 Å². The Labute approximate surface area is 122 Å². The molecule has 0 radical (unpaired) electrons. The molecule has 0 fully saturated rings. The molecule has 0 unspecified atom stereocenters. The molecule has 0 spiro atoms. The molecular formula is C17H18O4. The van der Waals surface area contributed by atoms with E-state index in [1.54, 1.807) is 32.9 Å². The van der Waals surface area contributed by atoms with Crippen molar-refractivity contribution in [1.82, 2.24) is 0 Å². The van der Waals surface area contributed by atoms with Crippen molar-refractivity contribution in [3.63, 3.8) is 0 Å². The molecule has 110 valence electrons. The Morgan fingerprint density at radius 3 is 2.62 bits per heavy atom. The van der Waals surface area contributed by atoms with Crippen LogP contribution in [0.5, 0.6) is 5.75 Å². The van der Waals surface area contributed by atoms with Gasteiger partial charge in [-0.2, -0.15) is 0 Å². The molecule has 0 bridgehead atoms. The van der Waals surface area contributed by atoms with Gasteiger partial charge in [0, 0.05) is 17.0 Å². The van der Waals surface area contributed by atoms with E-state index < -0.39 is 5.41 Å². The molecule has 1 aromatic heterocycles. The van der Waals surface area contributed by atoms with Gasteiger partial charge >= 0.3 is 11.6 Å². The van der Waals surface area contributed by atoms with Crippen LogP contribution in [-0.4, -0.2) is 5.97 Å². The van der Waals surface area contributed by atoms with Crippen molar-refractivity contribution in [3.8, 4) is 5.75 Å². The fourth-order valence-corrected chi connectivity index (χ4v) is 2.59. The van der Waals surface area contributed by atoms with Crippen LogP contribution >= 0.6 is 0 Å². The summed E-state index contributed by atoms with van der Waals surface area (Å²) < 4.78 is 10.7. The van der Waals surface area contributed by atoms with Crippen molar-refractivity contribution in [1.29, 1.82) is 0 Å². The van der Waals surface area contributed by atoms with Gasteiger partial charge in [-0.15, -0.1) is 0 Å². The molecule has 0 aliphatic heterocycles. The Morgan fingerprint density at radius 1 is 1.19 bits per heavy atom. The van der Waals surface area contributed by atoms with Crippen LogP contribution in [0.4, 0.5) is 0 Å². The quantitative estimate of drug-likeness (QED) is 0.459. The minimum Gasteiger partial charge on any atom is -0.426 e. The lowest BCUT2D eigenvalue weighted by molar-refractivity contribution is -0.142. The van der Waals surface area contributed by atoms with Crippen LogP contribution in [0.2, 0.25) is 0 Å². The van der Waals surface area contributed by atoms with Crippen LogP contribution in [-0.2, 0) is 17.6 Å². The molecule has 1 aliphatic rings. The third-order valence-electron chi connectivity index (χ3n) is 3.77. The number of ether oxygens (including phenoxy) is 1. The number of aryl methyl sites for hydroxylation is 1. The number of esters is 1. The zero-order chi connectivity index (χ0) is 15.2. The summed E-state index contributed by atoms with van der Waals surface area (Å²) in [4.78, 5) is 23.9. The fourth-order valence-electron chi connectivity index (χ4n) is 2.59. The lowest BCUT2D eigenvalue weighted by Crippen LogP contribution is -2.25. The van der Waals surface area contributed by atoms with Crippen molar-refractivity contribution < 1.29 is 13.9 Å². The van der Waals surface area contributed by atoms with Crippen molar-refractivity contribution in [2.75, 3.05) is 0 Å². The highest BCUT2D eigenvalue weighted by atomic mass is 16.5. The maximum absolute atomic E-state index is 11.9. The zero-order valence-corrected chi connectivity index (χ0v) is 12.5. The first-order valence-electron chi connectivity index (χ1n) is 7.17. The van der Waals surface area contributed by atoms with Gasteiger partial charge in [0.25, 0.3) is 0 Å². The molecule has 4 heteroatoms. The molecule has 0 N–H and O–H groups in total. The van der Waals surface area contributed by atoms with E-state index in [1.165, 1.54) is 0 Å². The highest BCUT2D eigenvalue weighted by molar-refractivity contribution is 5.84. The van der Waals surface area contributed by atoms with Crippen molar-refractivity contribution >= 4 is 16.9 Å². The molecular weight excluding hydrogens is 268 g/mol. The average molecular weight is 286 g/mol. The molecule has 4 nitrogen and oxygen atoms in total. The molecule has 0 saturated carbocycles. The number of carbonyl (C=O) groups is 1. The highest BCUT2D eigenvalue weighted by Gasteiger charge is 2.24. The van der Waals surface area contributed by atoms with Crippen LogP contribution in [0.3, 0.4) is 0 Å². The SMILES string of the molecule is CC(C)(C)C(=O)Oc1ccc2c3c(c(=O)oc2c1)CCC3. The smallest absolute Gasteiger partial charge is 0.339 e. The van der Waals surface area contributed by atoms with Gasteiger partial charge in [0.05, 0.1) is 5.41 Å². The summed E-state index contributed by atoms with van der Waals surface area (Å²) in [5.74, 6) is 0.0916. The normalized spacial score (nSPS) is 14.2. The topological polar surface area (TPSA) is 56.5 Å². The van der Waals surface area contributed by atoms with Crippen LogP contribution in [0.1, 0.15) is 38.3 Å². The molecule has 21 heavy (non-hydrogen) atoms. The second kappa shape index (κ2) is 4.72. The van der Waals surface area contributed by atoms with E-state index >= 15 is 0 Å². The highest BCUT2D eigenvalue weighted by Crippen LogP contribution is 2.30. The number of hydrogen-bond donors (Lipinski definition) is 0. The first kappa shape index (κ1) is 13.9. The van der Waals surface area contributed by atoms with Crippen LogP contribution in [0.15, 0.2) is 27.4 Å². The van der Waals surface area contributed by atoms with Gasteiger partial charge in [-0.1, -0.05) is 0 Å². The van der Waals surface area contributed by atoms with E-state index in [-0.39, 0.29) is 11.6 Å². The summed E-state index contributed by atoms with van der Waals surface area (Å²) in [7, 11) is 0. The summed E-state index contributed by atoms with van der Waals surface area (Å²) >= 11 is 0. The number of fused-ring (bicyclic) bond motifs is 3. The van der Waals surface area contributed by atoms with Crippen molar-refractivity contribution in [2.45, 2.75) is 40.0 Å². The largest absolute Gasteiger partial charge is 0.426 e. The van der Waals surface area contributed by atoms with Crippen LogP contribution in [0.25, 0.3) is 11.0 Å².